The maximum absolute atomic E-state index is 10.6. The second kappa shape index (κ2) is 5.82. The molecule has 5 nitrogen and oxygen atoms in total. The standard InChI is InChI=1S/C13H18N2O3/c14-12-8-10(6-7-13(12)15(16)17)9-18-11-4-2-1-3-5-11/h6-8,11H,1-5,9,14H2. The molecule has 0 unspecified atom stereocenters. The van der Waals surface area contributed by atoms with Crippen molar-refractivity contribution in [1.82, 2.24) is 0 Å². The smallest absolute Gasteiger partial charge is 0.292 e. The van der Waals surface area contributed by atoms with Crippen LogP contribution in [0.2, 0.25) is 0 Å². The summed E-state index contributed by atoms with van der Waals surface area (Å²) in [5.41, 5.74) is 6.68. The summed E-state index contributed by atoms with van der Waals surface area (Å²) >= 11 is 0. The molecule has 1 aliphatic carbocycles. The Morgan fingerprint density at radius 1 is 1.33 bits per heavy atom. The van der Waals surface area contributed by atoms with Crippen LogP contribution >= 0.6 is 0 Å². The summed E-state index contributed by atoms with van der Waals surface area (Å²) in [7, 11) is 0. The predicted octanol–water partition coefficient (Wildman–Crippen LogP) is 3.03. The fourth-order valence-electron chi connectivity index (χ4n) is 2.31. The number of ether oxygens (including phenoxy) is 1. The molecule has 1 aliphatic rings. The number of hydrogen-bond acceptors (Lipinski definition) is 4. The van der Waals surface area contributed by atoms with Crippen LogP contribution in [-0.4, -0.2) is 11.0 Å². The summed E-state index contributed by atoms with van der Waals surface area (Å²) < 4.78 is 5.80. The average Bonchev–Trinajstić information content (AvgIpc) is 2.37. The number of benzene rings is 1. The van der Waals surface area contributed by atoms with E-state index in [1.165, 1.54) is 25.3 Å². The lowest BCUT2D eigenvalue weighted by Crippen LogP contribution is -2.16. The molecule has 18 heavy (non-hydrogen) atoms. The van der Waals surface area contributed by atoms with Crippen LogP contribution in [0, 0.1) is 10.1 Å². The number of nitro benzene ring substituents is 1. The lowest BCUT2D eigenvalue weighted by atomic mass is 9.98. The molecule has 2 N–H and O–H groups in total. The molecule has 0 bridgehead atoms. The molecule has 1 saturated carbocycles. The number of anilines is 1. The highest BCUT2D eigenvalue weighted by atomic mass is 16.6. The predicted molar refractivity (Wildman–Crippen MR) is 69.2 cm³/mol. The number of nitrogen functional groups attached to an aromatic ring is 1. The maximum Gasteiger partial charge on any atom is 0.292 e. The van der Waals surface area contributed by atoms with Crippen molar-refractivity contribution >= 4 is 11.4 Å². The normalized spacial score (nSPS) is 16.7. The summed E-state index contributed by atoms with van der Waals surface area (Å²) in [5, 5.41) is 10.6. The molecular weight excluding hydrogens is 232 g/mol. The zero-order chi connectivity index (χ0) is 13.0. The van der Waals surface area contributed by atoms with E-state index >= 15 is 0 Å². The fraction of sp³-hybridized carbons (Fsp3) is 0.538. The van der Waals surface area contributed by atoms with Crippen LogP contribution in [0.3, 0.4) is 0 Å². The molecule has 0 atom stereocenters. The highest BCUT2D eigenvalue weighted by Crippen LogP contribution is 2.24. The molecule has 1 aromatic rings. The van der Waals surface area contributed by atoms with Crippen molar-refractivity contribution in [2.24, 2.45) is 0 Å². The van der Waals surface area contributed by atoms with Crippen LogP contribution in [-0.2, 0) is 11.3 Å². The van der Waals surface area contributed by atoms with Crippen molar-refractivity contribution < 1.29 is 9.66 Å². The number of rotatable bonds is 4. The average molecular weight is 250 g/mol. The van der Waals surface area contributed by atoms with E-state index in [0.29, 0.717) is 12.7 Å². The molecule has 2 rings (SSSR count). The minimum Gasteiger partial charge on any atom is -0.393 e. The summed E-state index contributed by atoms with van der Waals surface area (Å²) in [5.74, 6) is 0. The first-order valence-corrected chi connectivity index (χ1v) is 6.31. The molecule has 0 amide bonds. The molecule has 1 fully saturated rings. The minimum atomic E-state index is -0.471. The van der Waals surface area contributed by atoms with Crippen LogP contribution in [0.5, 0.6) is 0 Å². The van der Waals surface area contributed by atoms with E-state index in [1.54, 1.807) is 12.1 Å². The fourth-order valence-corrected chi connectivity index (χ4v) is 2.31. The van der Waals surface area contributed by atoms with Crippen molar-refractivity contribution in [2.45, 2.75) is 44.8 Å². The van der Waals surface area contributed by atoms with E-state index in [0.717, 1.165) is 18.4 Å². The van der Waals surface area contributed by atoms with E-state index in [-0.39, 0.29) is 11.4 Å². The summed E-state index contributed by atoms with van der Waals surface area (Å²) in [6, 6.07) is 4.77. The van der Waals surface area contributed by atoms with E-state index in [4.69, 9.17) is 10.5 Å². The molecule has 0 aromatic heterocycles. The van der Waals surface area contributed by atoms with Gasteiger partial charge in [0.2, 0.25) is 0 Å². The van der Waals surface area contributed by atoms with E-state index in [2.05, 4.69) is 0 Å². The van der Waals surface area contributed by atoms with Gasteiger partial charge in [-0.3, -0.25) is 10.1 Å². The lowest BCUT2D eigenvalue weighted by Gasteiger charge is -2.22. The first-order chi connectivity index (χ1) is 8.66. The summed E-state index contributed by atoms with van der Waals surface area (Å²) in [4.78, 5) is 10.2. The van der Waals surface area contributed by atoms with E-state index in [9.17, 15) is 10.1 Å². The van der Waals surface area contributed by atoms with Crippen LogP contribution < -0.4 is 5.73 Å². The molecule has 0 aliphatic heterocycles. The second-order valence-electron chi connectivity index (χ2n) is 4.72. The Kier molecular flexibility index (Phi) is 4.15. The molecule has 0 spiro atoms. The maximum atomic E-state index is 10.6. The zero-order valence-electron chi connectivity index (χ0n) is 10.3. The molecule has 5 heteroatoms. The Labute approximate surface area is 106 Å². The van der Waals surface area contributed by atoms with Gasteiger partial charge >= 0.3 is 0 Å². The Bertz CT molecular complexity index is 428. The first kappa shape index (κ1) is 12.8. The van der Waals surface area contributed by atoms with Crippen molar-refractivity contribution in [3.05, 3.63) is 33.9 Å². The second-order valence-corrected chi connectivity index (χ2v) is 4.72. The van der Waals surface area contributed by atoms with Crippen LogP contribution in [0.25, 0.3) is 0 Å². The van der Waals surface area contributed by atoms with Gasteiger partial charge in [-0.2, -0.15) is 0 Å². The first-order valence-electron chi connectivity index (χ1n) is 6.31. The quantitative estimate of drug-likeness (QED) is 0.506. The van der Waals surface area contributed by atoms with Crippen molar-refractivity contribution in [3.8, 4) is 0 Å². The van der Waals surface area contributed by atoms with Crippen LogP contribution in [0.15, 0.2) is 18.2 Å². The number of hydrogen-bond donors (Lipinski definition) is 1. The summed E-state index contributed by atoms with van der Waals surface area (Å²) in [6.45, 7) is 0.479. The Morgan fingerprint density at radius 3 is 2.67 bits per heavy atom. The lowest BCUT2D eigenvalue weighted by molar-refractivity contribution is -0.383. The van der Waals surface area contributed by atoms with Crippen LogP contribution in [0.1, 0.15) is 37.7 Å². The van der Waals surface area contributed by atoms with Gasteiger partial charge in [-0.15, -0.1) is 0 Å². The third kappa shape index (κ3) is 3.20. The van der Waals surface area contributed by atoms with Gasteiger partial charge in [0.15, 0.2) is 0 Å². The number of nitrogens with zero attached hydrogens (tertiary/aromatic N) is 1. The number of nitrogens with two attached hydrogens (primary N) is 1. The van der Waals surface area contributed by atoms with Crippen molar-refractivity contribution in [1.29, 1.82) is 0 Å². The van der Waals surface area contributed by atoms with Gasteiger partial charge in [0.05, 0.1) is 17.6 Å². The van der Waals surface area contributed by atoms with Crippen molar-refractivity contribution in [3.63, 3.8) is 0 Å². The highest BCUT2D eigenvalue weighted by molar-refractivity contribution is 5.59. The van der Waals surface area contributed by atoms with Gasteiger partial charge in [0, 0.05) is 6.07 Å². The number of nitro groups is 1. The molecule has 1 aromatic carbocycles. The van der Waals surface area contributed by atoms with Gasteiger partial charge in [-0.1, -0.05) is 19.3 Å². The van der Waals surface area contributed by atoms with Crippen molar-refractivity contribution in [2.75, 3.05) is 5.73 Å². The van der Waals surface area contributed by atoms with Gasteiger partial charge in [-0.05, 0) is 30.5 Å². The molecule has 0 radical (unpaired) electrons. The molecule has 0 heterocycles. The topological polar surface area (TPSA) is 78.4 Å². The third-order valence-corrected chi connectivity index (χ3v) is 3.33. The molecular formula is C13H18N2O3. The van der Waals surface area contributed by atoms with Gasteiger partial charge in [0.1, 0.15) is 5.69 Å². The Hall–Kier alpha value is -1.62. The van der Waals surface area contributed by atoms with Gasteiger partial charge < -0.3 is 10.5 Å². The van der Waals surface area contributed by atoms with Gasteiger partial charge in [0.25, 0.3) is 5.69 Å². The highest BCUT2D eigenvalue weighted by Gasteiger charge is 2.15. The largest absolute Gasteiger partial charge is 0.393 e. The van der Waals surface area contributed by atoms with E-state index in [1.807, 2.05) is 0 Å². The van der Waals surface area contributed by atoms with E-state index < -0.39 is 4.92 Å². The monoisotopic (exact) mass is 250 g/mol. The van der Waals surface area contributed by atoms with Crippen LogP contribution in [0.4, 0.5) is 11.4 Å². The molecule has 98 valence electrons. The Morgan fingerprint density at radius 2 is 2.06 bits per heavy atom. The molecule has 0 saturated heterocycles. The minimum absolute atomic E-state index is 0.0450. The zero-order valence-corrected chi connectivity index (χ0v) is 10.3. The SMILES string of the molecule is Nc1cc(COC2CCCCC2)ccc1[N+](=O)[O-]. The van der Waals surface area contributed by atoms with Gasteiger partial charge in [-0.25, -0.2) is 0 Å². The Balaban J connectivity index is 1.93. The summed E-state index contributed by atoms with van der Waals surface area (Å²) in [6.07, 6.45) is 6.31. The third-order valence-electron chi connectivity index (χ3n) is 3.33.